The number of furan rings is 1. The summed E-state index contributed by atoms with van der Waals surface area (Å²) in [5.74, 6) is 0.501. The van der Waals surface area contributed by atoms with Gasteiger partial charge in [-0.3, -0.25) is 0 Å². The standard InChI is InChI=1S/C24H18NO.C22H16OP.Ir/c1-15(2)16-10-11-18-17(14-16)12-13-25-23(18)21-8-5-7-20-19-6-3-4-9-22(19)26-24(20)21;23-24(20-11-3-1-4-12-20,21-13-5-2-6-14-21)22-16-15-18-9-7-8-10-19(18)17-22;/h3-7,9-15H,1-2H3;1-15,17H;/q2*-1;. The van der Waals surface area contributed by atoms with Crippen LogP contribution in [0.4, 0.5) is 0 Å². The molecule has 1 radical (unpaired) electrons. The number of para-hydroxylation sites is 1. The first kappa shape index (κ1) is 34.3. The van der Waals surface area contributed by atoms with Crippen molar-refractivity contribution >= 4 is 66.5 Å². The molecule has 0 aliphatic rings. The van der Waals surface area contributed by atoms with Crippen molar-refractivity contribution in [3.05, 3.63) is 182 Å². The van der Waals surface area contributed by atoms with Crippen molar-refractivity contribution in [1.29, 1.82) is 0 Å². The van der Waals surface area contributed by atoms with Gasteiger partial charge in [0.2, 0.25) is 0 Å². The van der Waals surface area contributed by atoms with Gasteiger partial charge >= 0.3 is 0 Å². The monoisotopic (exact) mass is 856 g/mol. The van der Waals surface area contributed by atoms with Crippen LogP contribution < -0.4 is 15.9 Å². The van der Waals surface area contributed by atoms with Crippen LogP contribution in [-0.2, 0) is 24.7 Å². The van der Waals surface area contributed by atoms with Crippen molar-refractivity contribution in [3.63, 3.8) is 0 Å². The van der Waals surface area contributed by atoms with E-state index in [-0.39, 0.29) is 20.1 Å². The first-order chi connectivity index (χ1) is 24.5. The van der Waals surface area contributed by atoms with E-state index in [1.54, 1.807) is 0 Å². The fourth-order valence-electron chi connectivity index (χ4n) is 6.62. The van der Waals surface area contributed by atoms with Crippen molar-refractivity contribution < 1.29 is 29.1 Å². The van der Waals surface area contributed by atoms with Crippen molar-refractivity contribution in [3.8, 4) is 11.3 Å². The summed E-state index contributed by atoms with van der Waals surface area (Å²) in [5, 5.41) is 9.16. The molecule has 0 fully saturated rings. The fourth-order valence-corrected chi connectivity index (χ4v) is 9.23. The van der Waals surface area contributed by atoms with E-state index in [1.165, 1.54) is 10.9 Å². The first-order valence-electron chi connectivity index (χ1n) is 16.8. The number of fused-ring (bicyclic) bond motifs is 5. The zero-order chi connectivity index (χ0) is 34.1. The molecule has 0 aliphatic heterocycles. The fraction of sp³-hybridized carbons (Fsp3) is 0.0652. The number of hydrogen-bond donors (Lipinski definition) is 0. The Balaban J connectivity index is 0.000000157. The SMILES string of the molecule is CC(C)c1ccc2c(-c3[c-]ccc4c3oc3ccccc34)nccc2c1.O=P(c1[c-]cc2ccccc2c1)(c1ccccc1)c1ccccc1.[Ir]. The Bertz CT molecular complexity index is 2620. The van der Waals surface area contributed by atoms with E-state index in [0.29, 0.717) is 5.92 Å². The van der Waals surface area contributed by atoms with Crippen LogP contribution in [0.1, 0.15) is 25.3 Å². The quantitative estimate of drug-likeness (QED) is 0.128. The summed E-state index contributed by atoms with van der Waals surface area (Å²) in [6.45, 7) is 4.43. The summed E-state index contributed by atoms with van der Waals surface area (Å²) in [6.07, 6.45) is 1.87. The van der Waals surface area contributed by atoms with Gasteiger partial charge in [-0.15, -0.1) is 35.0 Å². The zero-order valence-electron chi connectivity index (χ0n) is 28.2. The number of nitrogens with zero attached hydrogens (tertiary/aromatic N) is 1. The van der Waals surface area contributed by atoms with Crippen molar-refractivity contribution in [2.45, 2.75) is 19.8 Å². The molecule has 0 atom stereocenters. The van der Waals surface area contributed by atoms with Crippen LogP contribution in [-0.4, -0.2) is 4.98 Å². The van der Waals surface area contributed by atoms with Crippen LogP contribution in [0.5, 0.6) is 0 Å². The number of pyridine rings is 1. The molecule has 2 aromatic heterocycles. The molecule has 3 nitrogen and oxygen atoms in total. The third-order valence-electron chi connectivity index (χ3n) is 9.27. The molecule has 0 saturated heterocycles. The molecule has 51 heavy (non-hydrogen) atoms. The van der Waals surface area contributed by atoms with Gasteiger partial charge in [0.05, 0.1) is 5.58 Å². The van der Waals surface area contributed by atoms with E-state index in [9.17, 15) is 4.57 Å². The number of aromatic nitrogens is 1. The summed E-state index contributed by atoms with van der Waals surface area (Å²) in [4.78, 5) is 4.68. The summed E-state index contributed by atoms with van der Waals surface area (Å²) in [6, 6.07) is 58.9. The molecule has 2 heterocycles. The minimum atomic E-state index is -2.94. The molecule has 0 amide bonds. The molecular formula is C46H34IrNO2P-2. The van der Waals surface area contributed by atoms with E-state index >= 15 is 0 Å². The Hall–Kier alpha value is -5.11. The van der Waals surface area contributed by atoms with E-state index < -0.39 is 7.14 Å². The molecule has 0 bridgehead atoms. The Morgan fingerprint density at radius 2 is 1.29 bits per heavy atom. The molecule has 9 rings (SSSR count). The molecular weight excluding hydrogens is 822 g/mol. The Kier molecular flexibility index (Phi) is 9.85. The Labute approximate surface area is 311 Å². The van der Waals surface area contributed by atoms with Gasteiger partial charge in [0, 0.05) is 42.3 Å². The molecule has 0 spiro atoms. The maximum absolute atomic E-state index is 14.2. The van der Waals surface area contributed by atoms with Gasteiger partial charge < -0.3 is 14.0 Å². The molecule has 0 saturated carbocycles. The number of rotatable bonds is 5. The molecule has 0 aliphatic carbocycles. The van der Waals surface area contributed by atoms with Gasteiger partial charge in [-0.1, -0.05) is 145 Å². The van der Waals surface area contributed by atoms with Crippen LogP contribution in [0.15, 0.2) is 168 Å². The maximum atomic E-state index is 14.2. The molecule has 251 valence electrons. The number of benzene rings is 7. The molecule has 0 N–H and O–H groups in total. The van der Waals surface area contributed by atoms with Gasteiger partial charge in [-0.25, -0.2) is 0 Å². The largest absolute Gasteiger partial charge is 0.501 e. The van der Waals surface area contributed by atoms with Gasteiger partial charge in [0.25, 0.3) is 0 Å². The predicted molar refractivity (Wildman–Crippen MR) is 210 cm³/mol. The van der Waals surface area contributed by atoms with E-state index in [2.05, 4.69) is 67.4 Å². The van der Waals surface area contributed by atoms with E-state index in [1.807, 2.05) is 128 Å². The second kappa shape index (κ2) is 14.6. The third kappa shape index (κ3) is 6.48. The van der Waals surface area contributed by atoms with Crippen LogP contribution in [0.25, 0.3) is 54.7 Å². The van der Waals surface area contributed by atoms with E-state index in [4.69, 9.17) is 4.42 Å². The Morgan fingerprint density at radius 3 is 2.02 bits per heavy atom. The first-order valence-corrected chi connectivity index (χ1v) is 18.5. The summed E-state index contributed by atoms with van der Waals surface area (Å²) in [5.41, 5.74) is 4.91. The summed E-state index contributed by atoms with van der Waals surface area (Å²) < 4.78 is 20.4. The van der Waals surface area contributed by atoms with Gasteiger partial charge in [-0.2, -0.15) is 18.2 Å². The summed E-state index contributed by atoms with van der Waals surface area (Å²) >= 11 is 0. The minimum Gasteiger partial charge on any atom is -0.501 e. The minimum absolute atomic E-state index is 0. The van der Waals surface area contributed by atoms with Gasteiger partial charge in [0.15, 0.2) is 0 Å². The van der Waals surface area contributed by atoms with Gasteiger partial charge in [0.1, 0.15) is 12.7 Å². The van der Waals surface area contributed by atoms with Crippen molar-refractivity contribution in [1.82, 2.24) is 4.98 Å². The Morgan fingerprint density at radius 1 is 0.627 bits per heavy atom. The average Bonchev–Trinajstić information content (AvgIpc) is 3.57. The van der Waals surface area contributed by atoms with E-state index in [0.717, 1.165) is 65.3 Å². The second-order valence-electron chi connectivity index (χ2n) is 12.7. The molecule has 7 aromatic carbocycles. The van der Waals surface area contributed by atoms with Crippen LogP contribution >= 0.6 is 7.14 Å². The summed E-state index contributed by atoms with van der Waals surface area (Å²) in [7, 11) is -2.94. The van der Waals surface area contributed by atoms with Crippen molar-refractivity contribution in [2.24, 2.45) is 0 Å². The topological polar surface area (TPSA) is 43.1 Å². The second-order valence-corrected chi connectivity index (χ2v) is 15.4. The normalized spacial score (nSPS) is 11.4. The zero-order valence-corrected chi connectivity index (χ0v) is 31.5. The molecule has 5 heteroatoms. The van der Waals surface area contributed by atoms with Crippen LogP contribution in [0.3, 0.4) is 0 Å². The molecule has 0 unspecified atom stereocenters. The smallest absolute Gasteiger partial charge is 0.147 e. The maximum Gasteiger partial charge on any atom is 0.147 e. The average molecular weight is 856 g/mol. The van der Waals surface area contributed by atoms with Crippen molar-refractivity contribution in [2.75, 3.05) is 0 Å². The predicted octanol–water partition coefficient (Wildman–Crippen LogP) is 11.0. The number of hydrogen-bond acceptors (Lipinski definition) is 3. The van der Waals surface area contributed by atoms with Crippen LogP contribution in [0.2, 0.25) is 0 Å². The van der Waals surface area contributed by atoms with Crippen LogP contribution in [0, 0.1) is 12.1 Å². The van der Waals surface area contributed by atoms with Gasteiger partial charge in [-0.05, 0) is 40.1 Å². The molecule has 9 aromatic rings. The third-order valence-corrected chi connectivity index (χ3v) is 12.3.